The van der Waals surface area contributed by atoms with Crippen LogP contribution in [0.3, 0.4) is 0 Å². The number of ketones is 3. The molecule has 22 rings (SSSR count). The van der Waals surface area contributed by atoms with Crippen LogP contribution < -0.4 is 4.90 Å². The van der Waals surface area contributed by atoms with Gasteiger partial charge in [-0.05, 0) is 516 Å². The van der Waals surface area contributed by atoms with E-state index in [2.05, 4.69) is 223 Å². The van der Waals surface area contributed by atoms with Crippen molar-refractivity contribution in [2.75, 3.05) is 18.6 Å². The van der Waals surface area contributed by atoms with Crippen molar-refractivity contribution in [3.8, 4) is 0 Å². The van der Waals surface area contributed by atoms with Crippen molar-refractivity contribution < 1.29 is 33.3 Å². The fourth-order valence-electron chi connectivity index (χ4n) is 38.9. The molecular weight excluding hydrogens is 1680 g/mol. The number of Topliss-reactive ketones (excluding diaryl/α,β-unsaturated/α-hetero) is 2. The van der Waals surface area contributed by atoms with Gasteiger partial charge >= 0.3 is 0 Å². The van der Waals surface area contributed by atoms with E-state index in [0.717, 1.165) is 140 Å². The minimum atomic E-state index is -0.247. The number of H-pyrrole nitrogens is 1. The van der Waals surface area contributed by atoms with Gasteiger partial charge in [-0.25, -0.2) is 0 Å². The Labute approximate surface area is 836 Å². The number of rotatable bonds is 14. The maximum absolute atomic E-state index is 13.0. The number of carbonyl (C=O) groups excluding carboxylic acids is 3. The van der Waals surface area contributed by atoms with E-state index in [1.54, 1.807) is 16.7 Å². The Balaban J connectivity index is 0.000000119. The summed E-state index contributed by atoms with van der Waals surface area (Å²) in [4.78, 5) is 44.0. The molecule has 20 aliphatic rings. The van der Waals surface area contributed by atoms with Crippen LogP contribution in [-0.2, 0) is 46.2 Å². The van der Waals surface area contributed by atoms with E-state index in [-0.39, 0.29) is 35.7 Å². The first-order valence-corrected chi connectivity index (χ1v) is 57.3. The summed E-state index contributed by atoms with van der Waals surface area (Å²) >= 11 is 0. The van der Waals surface area contributed by atoms with Crippen molar-refractivity contribution in [3.05, 3.63) is 136 Å². The number of aromatic nitrogens is 1. The van der Waals surface area contributed by atoms with Crippen molar-refractivity contribution in [3.63, 3.8) is 0 Å². The van der Waals surface area contributed by atoms with Crippen LogP contribution in [0.1, 0.15) is 414 Å². The number of benzene rings is 1. The van der Waals surface area contributed by atoms with E-state index in [1.807, 2.05) is 26.8 Å². The number of fused-ring (bicyclic) bond motifs is 25. The third-order valence-electron chi connectivity index (χ3n) is 46.9. The fraction of sp³-hybridized carbons (Fsp3) is 0.789. The second-order valence-corrected chi connectivity index (χ2v) is 54.6. The Bertz CT molecular complexity index is 4860. The molecule has 15 saturated carbocycles. The number of aromatic amines is 1. The summed E-state index contributed by atoms with van der Waals surface area (Å²) in [5.41, 5.74) is 19.3. The quantitative estimate of drug-likeness (QED) is 0.186. The second-order valence-electron chi connectivity index (χ2n) is 54.6. The van der Waals surface area contributed by atoms with Crippen molar-refractivity contribution in [2.45, 2.75) is 458 Å². The van der Waals surface area contributed by atoms with E-state index < -0.39 is 0 Å². The van der Waals surface area contributed by atoms with Crippen molar-refractivity contribution >= 4 is 23.0 Å². The molecule has 0 amide bonds. The largest absolute Gasteiger partial charge is 0.375 e. The third kappa shape index (κ3) is 18.1. The van der Waals surface area contributed by atoms with Gasteiger partial charge in [0.2, 0.25) is 0 Å². The number of nitrogens with one attached hydrogen (secondary N) is 1. The summed E-state index contributed by atoms with van der Waals surface area (Å²) in [6, 6.07) is 12.0. The lowest BCUT2D eigenvalue weighted by atomic mass is 9.44. The zero-order chi connectivity index (χ0) is 97.0. The highest BCUT2D eigenvalue weighted by atomic mass is 16.5. The third-order valence-corrected chi connectivity index (χ3v) is 46.9. The highest BCUT2D eigenvalue weighted by molar-refractivity contribution is 5.93. The molecule has 0 spiro atoms. The van der Waals surface area contributed by atoms with Crippen molar-refractivity contribution in [1.82, 2.24) is 4.98 Å². The number of carbonyl (C=O) groups is 3. The standard InChI is InChI=1S/C31H41NO2.C25H38O2.C24H37NO.C24H40O.C23H36O.CH4/c1-19(2)32(6)23-10-7-21(8-11-23)27-18-31(5)28(15-16-30(31,4)20(3)33)26-13-9-22-17-24(34)12-14-25(22)29(26)27;1-16(2)27-15-23(26)22-9-8-20-19-7-6-18-14-17(3)10-12-24(18,4)21(19)11-13-25(20,22)5;1-15(2)26-22-8-7-19-18-6-5-17-13-21-16(10-12-25-21)14-24(17,4)20(18)9-11-23(19,22)3;1-15(2)25-22-10-9-20-19-8-7-18-13-16(3)17(4)14-24(18,6)21(19)11-12-23(20,22)5;1-15(2)24-21-9-8-19-18-7-6-17-14-16(3)10-12-22(17,4)20(18)11-13-23(19,21)5;/h7-8,10-11,17,19,26-28H,9,12-16,18H2,1-6H3;14,16,19-22H,3,6-13,15H2,1-2,4-5H3;10,12,15,17-20,22,25H,5-9,11,13-14H2,1-4H3;15,17-22H,3,7-14H2,1-2,4-6H3;10,12,15,17-21H,3,6-9,11,13-14H2,1-2,4-5H3;1H4/t26?,27-,28+,30-,31+;19-,20-,21?,22+,24-,25-;17-,18-,19-,20-,22-,23-,24-;17-,18+,19+,20+,21+,22+,23+,24+;17-,18-,19-,20-,21-,22-,23-;/m10010./s1. The van der Waals surface area contributed by atoms with Crippen LogP contribution in [0.15, 0.2) is 120 Å². The molecule has 15 fully saturated rings. The molecule has 0 radical (unpaired) electrons. The summed E-state index contributed by atoms with van der Waals surface area (Å²) in [6.07, 6.45) is 62.7. The summed E-state index contributed by atoms with van der Waals surface area (Å²) in [6.45, 7) is 64.4. The Morgan fingerprint density at radius 1 is 0.489 bits per heavy atom. The van der Waals surface area contributed by atoms with Gasteiger partial charge in [-0.1, -0.05) is 162 Å². The van der Waals surface area contributed by atoms with Gasteiger partial charge in [-0.15, -0.1) is 0 Å². The maximum atomic E-state index is 13.0. The van der Waals surface area contributed by atoms with Gasteiger partial charge in [0.05, 0.1) is 42.7 Å². The predicted octanol–water partition coefficient (Wildman–Crippen LogP) is 32.3. The zero-order valence-electron chi connectivity index (χ0n) is 90.4. The van der Waals surface area contributed by atoms with Gasteiger partial charge < -0.3 is 28.8 Å². The summed E-state index contributed by atoms with van der Waals surface area (Å²) in [7, 11) is 2.15. The van der Waals surface area contributed by atoms with Crippen LogP contribution in [0.25, 0.3) is 0 Å². The lowest BCUT2D eigenvalue weighted by Gasteiger charge is -2.61. The topological polar surface area (TPSA) is 107 Å². The molecular formula is C128H196N2O7. The zero-order valence-corrected chi connectivity index (χ0v) is 90.4. The van der Waals surface area contributed by atoms with Crippen LogP contribution in [0.2, 0.25) is 0 Å². The van der Waals surface area contributed by atoms with Gasteiger partial charge in [-0.3, -0.25) is 14.4 Å². The molecule has 0 saturated heterocycles. The van der Waals surface area contributed by atoms with Gasteiger partial charge in [0.1, 0.15) is 12.4 Å². The van der Waals surface area contributed by atoms with Crippen molar-refractivity contribution in [1.29, 1.82) is 0 Å². The van der Waals surface area contributed by atoms with E-state index in [4.69, 9.17) is 18.9 Å². The number of anilines is 1. The van der Waals surface area contributed by atoms with Gasteiger partial charge in [0.25, 0.3) is 0 Å². The average molecular weight is 1870 g/mol. The summed E-state index contributed by atoms with van der Waals surface area (Å²) < 4.78 is 24.9. The van der Waals surface area contributed by atoms with E-state index in [0.29, 0.717) is 129 Å². The summed E-state index contributed by atoms with van der Waals surface area (Å²) in [5, 5.41) is 0. The first-order chi connectivity index (χ1) is 64.3. The van der Waals surface area contributed by atoms with Crippen LogP contribution in [0.5, 0.6) is 0 Å². The molecule has 1 N–H and O–H groups in total. The molecule has 2 unspecified atom stereocenters. The molecule has 33 atom stereocenters. The van der Waals surface area contributed by atoms with Gasteiger partial charge in [-0.2, -0.15) is 0 Å². The van der Waals surface area contributed by atoms with Gasteiger partial charge in [0.15, 0.2) is 11.6 Å². The number of hydrogen-bond donors (Lipinski definition) is 1. The van der Waals surface area contributed by atoms with Gasteiger partial charge in [0, 0.05) is 54.3 Å². The average Bonchev–Trinajstić information content (AvgIpc) is 1.54. The molecule has 0 bridgehead atoms. The molecule has 1 aromatic heterocycles. The van der Waals surface area contributed by atoms with E-state index >= 15 is 0 Å². The Kier molecular flexibility index (Phi) is 29.7. The number of hydrogen-bond acceptors (Lipinski definition) is 8. The molecule has 1 aromatic carbocycles. The molecule has 9 heteroatoms. The highest BCUT2D eigenvalue weighted by Gasteiger charge is 2.68. The Morgan fingerprint density at radius 3 is 1.60 bits per heavy atom. The molecule has 1 heterocycles. The number of allylic oxidation sites excluding steroid dienone is 11. The molecule has 20 aliphatic carbocycles. The van der Waals surface area contributed by atoms with Crippen LogP contribution in [-0.4, -0.2) is 84.8 Å². The van der Waals surface area contributed by atoms with Crippen LogP contribution in [0.4, 0.5) is 5.69 Å². The van der Waals surface area contributed by atoms with Crippen LogP contribution >= 0.6 is 0 Å². The molecule has 2 aromatic rings. The predicted molar refractivity (Wildman–Crippen MR) is 568 cm³/mol. The second kappa shape index (κ2) is 39.3. The molecule has 9 nitrogen and oxygen atoms in total. The lowest BCUT2D eigenvalue weighted by molar-refractivity contribution is -0.137. The first-order valence-electron chi connectivity index (χ1n) is 57.3. The highest BCUT2D eigenvalue weighted by Crippen LogP contribution is 2.75. The molecule has 760 valence electrons. The minimum Gasteiger partial charge on any atom is -0.375 e. The first kappa shape index (κ1) is 104. The Hall–Kier alpha value is -4.67. The molecule has 0 aliphatic heterocycles. The van der Waals surface area contributed by atoms with E-state index in [1.165, 1.54) is 237 Å². The number of nitrogens with zero attached hydrogens (tertiary/aromatic N) is 1. The van der Waals surface area contributed by atoms with Crippen molar-refractivity contribution in [2.24, 2.45) is 167 Å². The molecule has 137 heavy (non-hydrogen) atoms. The smallest absolute Gasteiger partial charge is 0.162 e. The maximum Gasteiger partial charge on any atom is 0.162 e. The fourth-order valence-corrected chi connectivity index (χ4v) is 38.9. The van der Waals surface area contributed by atoms with E-state index in [9.17, 15) is 14.4 Å². The lowest BCUT2D eigenvalue weighted by Crippen LogP contribution is -2.55. The monoisotopic (exact) mass is 1870 g/mol. The number of ether oxygens (including phenoxy) is 4. The summed E-state index contributed by atoms with van der Waals surface area (Å²) in [5.74, 6) is 16.7. The SMILES string of the molecule is C.C=C1C=C2CC[C@@H]3C(CC[C@]4(C)[C@@H](C(=O)COC(C)C)CC[C@@H]34)[C@@]2(C)CC1.C=C1C=C[C@@]2(C)[C@@H](CC[C@@H]3[C@@H]2CC[C@]2(C)[C@@H](OC(C)C)CC[C@@H]32)C1.C=C1C[C@@H]2CC[C@@H]3[C@H](CC[C@]4(C)[C@@H](OC(C)C)CC[C@@H]34)[C@@]2(C)C[C@H]1C.CC(=O)[C@@]1(C)CC[C@H]2C3CCC4=CC(=O)CCC4=C3[C@@H](c3ccc(N(C)C(C)C)cc3)C[C@@]21C.CC(C)O[C@H]1CC[C@H]2[C@@H]3CC[C@H]4Cc5[nH]ccc5C[C@]4(C)[C@H]3CC[C@]12C. The van der Waals surface area contributed by atoms with Crippen LogP contribution in [0, 0.1) is 167 Å². The Morgan fingerprint density at radius 2 is 1.01 bits per heavy atom. The normalized spacial score (nSPS) is 44.7. The minimum absolute atomic E-state index is 0.